The first kappa shape index (κ1) is 17.5. The minimum absolute atomic E-state index is 0.0916. The largest absolute Gasteiger partial charge is 0.391 e. The van der Waals surface area contributed by atoms with Crippen LogP contribution < -0.4 is 10.2 Å². The van der Waals surface area contributed by atoms with Crippen LogP contribution in [0.1, 0.15) is 16.9 Å². The van der Waals surface area contributed by atoms with Crippen LogP contribution in [-0.2, 0) is 13.0 Å². The first-order chi connectivity index (χ1) is 12.7. The van der Waals surface area contributed by atoms with E-state index in [-0.39, 0.29) is 12.4 Å². The average molecular weight is 370 g/mol. The summed E-state index contributed by atoms with van der Waals surface area (Å²) in [6.45, 7) is 2.99. The fourth-order valence-electron chi connectivity index (χ4n) is 3.75. The molecule has 1 fully saturated rings. The molecule has 26 heavy (non-hydrogen) atoms. The molecule has 1 saturated heterocycles. The van der Waals surface area contributed by atoms with E-state index in [0.717, 1.165) is 37.4 Å². The van der Waals surface area contributed by atoms with Gasteiger partial charge in [0.1, 0.15) is 5.82 Å². The lowest BCUT2D eigenvalue weighted by molar-refractivity contribution is 0.285. The van der Waals surface area contributed by atoms with Gasteiger partial charge in [-0.2, -0.15) is 0 Å². The lowest BCUT2D eigenvalue weighted by Gasteiger charge is -2.38. The number of aliphatic hydroxyl groups is 1. The first-order valence-corrected chi connectivity index (χ1v) is 9.90. The zero-order chi connectivity index (χ0) is 17.9. The molecule has 136 valence electrons. The summed E-state index contributed by atoms with van der Waals surface area (Å²) in [6.07, 6.45) is 1.96. The molecule has 0 bridgehead atoms. The van der Waals surface area contributed by atoms with Gasteiger partial charge < -0.3 is 15.3 Å². The highest BCUT2D eigenvalue weighted by molar-refractivity contribution is 7.19. The van der Waals surface area contributed by atoms with E-state index >= 15 is 0 Å². The second-order valence-electron chi connectivity index (χ2n) is 6.78. The Morgan fingerprint density at radius 1 is 1.19 bits per heavy atom. The van der Waals surface area contributed by atoms with E-state index in [4.69, 9.17) is 0 Å². The van der Waals surface area contributed by atoms with E-state index in [1.165, 1.54) is 33.5 Å². The molecule has 1 aromatic heterocycles. The molecule has 1 aliphatic heterocycles. The van der Waals surface area contributed by atoms with E-state index in [2.05, 4.69) is 34.5 Å². The Morgan fingerprint density at radius 3 is 2.85 bits per heavy atom. The van der Waals surface area contributed by atoms with Gasteiger partial charge in [0.25, 0.3) is 0 Å². The summed E-state index contributed by atoms with van der Waals surface area (Å²) in [5.41, 5.74) is 2.43. The smallest absolute Gasteiger partial charge is 0.123 e. The molecule has 1 unspecified atom stereocenters. The Kier molecular flexibility index (Phi) is 5.20. The highest BCUT2D eigenvalue weighted by Crippen LogP contribution is 2.35. The number of benzene rings is 2. The third kappa shape index (κ3) is 3.61. The molecule has 5 heteroatoms. The summed E-state index contributed by atoms with van der Waals surface area (Å²) in [6, 6.07) is 15.8. The number of nitrogens with one attached hydrogen (secondary N) is 1. The van der Waals surface area contributed by atoms with Crippen LogP contribution in [0.3, 0.4) is 0 Å². The molecule has 4 rings (SSSR count). The molecule has 0 spiro atoms. The Balaban J connectivity index is 1.57. The number of rotatable bonds is 5. The van der Waals surface area contributed by atoms with Crippen molar-refractivity contribution in [2.24, 2.45) is 0 Å². The van der Waals surface area contributed by atoms with Crippen LogP contribution >= 0.6 is 11.3 Å². The molecular formula is C21H23FN2OS. The molecule has 1 aliphatic rings. The van der Waals surface area contributed by atoms with Gasteiger partial charge in [0, 0.05) is 46.3 Å². The van der Waals surface area contributed by atoms with Crippen LogP contribution in [0.4, 0.5) is 10.1 Å². The average Bonchev–Trinajstić information content (AvgIpc) is 3.11. The summed E-state index contributed by atoms with van der Waals surface area (Å²) in [5.74, 6) is -0.182. The van der Waals surface area contributed by atoms with Gasteiger partial charge in [-0.1, -0.05) is 18.2 Å². The van der Waals surface area contributed by atoms with Gasteiger partial charge in [-0.05, 0) is 48.7 Å². The summed E-state index contributed by atoms with van der Waals surface area (Å²) >= 11 is 1.66. The van der Waals surface area contributed by atoms with Crippen molar-refractivity contribution in [3.8, 4) is 0 Å². The first-order valence-electron chi connectivity index (χ1n) is 9.08. The zero-order valence-electron chi connectivity index (χ0n) is 14.6. The monoisotopic (exact) mass is 370 g/mol. The van der Waals surface area contributed by atoms with Gasteiger partial charge in [-0.15, -0.1) is 11.3 Å². The zero-order valence-corrected chi connectivity index (χ0v) is 15.4. The molecule has 3 nitrogen and oxygen atoms in total. The standard InChI is InChI=1S/C21H23FN2OS/c22-16-7-4-15(5-8-16)6-9-17-13-23-10-11-24(17)20-2-1-3-21-19(20)12-18(14-25)26-21/h1-5,7-8,12,17,23,25H,6,9-11,13-14H2. The maximum Gasteiger partial charge on any atom is 0.123 e. The highest BCUT2D eigenvalue weighted by Gasteiger charge is 2.24. The predicted octanol–water partition coefficient (Wildman–Crippen LogP) is 3.94. The molecule has 0 saturated carbocycles. The summed E-state index contributed by atoms with van der Waals surface area (Å²) in [4.78, 5) is 3.50. The quantitative estimate of drug-likeness (QED) is 0.714. The van der Waals surface area contributed by atoms with Gasteiger partial charge >= 0.3 is 0 Å². The maximum atomic E-state index is 13.1. The number of anilines is 1. The van der Waals surface area contributed by atoms with E-state index in [9.17, 15) is 9.50 Å². The van der Waals surface area contributed by atoms with Crippen molar-refractivity contribution in [3.63, 3.8) is 0 Å². The van der Waals surface area contributed by atoms with Crippen LogP contribution in [0.25, 0.3) is 10.1 Å². The van der Waals surface area contributed by atoms with Crippen LogP contribution in [0.5, 0.6) is 0 Å². The van der Waals surface area contributed by atoms with E-state index in [1.54, 1.807) is 11.3 Å². The van der Waals surface area contributed by atoms with Crippen LogP contribution in [0, 0.1) is 5.82 Å². The van der Waals surface area contributed by atoms with Crippen LogP contribution in [0.15, 0.2) is 48.5 Å². The number of aliphatic hydroxyl groups excluding tert-OH is 1. The van der Waals surface area contributed by atoms with Crippen molar-refractivity contribution in [2.45, 2.75) is 25.5 Å². The van der Waals surface area contributed by atoms with E-state index < -0.39 is 0 Å². The topological polar surface area (TPSA) is 35.5 Å². The summed E-state index contributed by atoms with van der Waals surface area (Å²) in [7, 11) is 0. The molecule has 0 amide bonds. The van der Waals surface area contributed by atoms with Crippen LogP contribution in [-0.4, -0.2) is 30.8 Å². The minimum atomic E-state index is -0.182. The third-order valence-corrected chi connectivity index (χ3v) is 6.17. The maximum absolute atomic E-state index is 13.1. The van der Waals surface area contributed by atoms with Crippen molar-refractivity contribution in [1.29, 1.82) is 0 Å². The van der Waals surface area contributed by atoms with E-state index in [0.29, 0.717) is 6.04 Å². The lowest BCUT2D eigenvalue weighted by atomic mass is 10.0. The Bertz CT molecular complexity index is 877. The molecule has 0 radical (unpaired) electrons. The molecule has 0 aliphatic carbocycles. The van der Waals surface area contributed by atoms with Crippen molar-refractivity contribution >= 4 is 27.1 Å². The van der Waals surface area contributed by atoms with Crippen molar-refractivity contribution in [1.82, 2.24) is 5.32 Å². The van der Waals surface area contributed by atoms with Crippen LogP contribution in [0.2, 0.25) is 0 Å². The van der Waals surface area contributed by atoms with Crippen molar-refractivity contribution in [3.05, 3.63) is 64.8 Å². The molecular weight excluding hydrogens is 347 g/mol. The second-order valence-corrected chi connectivity index (χ2v) is 7.94. The fourth-order valence-corrected chi connectivity index (χ4v) is 4.69. The lowest BCUT2D eigenvalue weighted by Crippen LogP contribution is -2.51. The Hall–Kier alpha value is -1.95. The number of nitrogens with zero attached hydrogens (tertiary/aromatic N) is 1. The fraction of sp³-hybridized carbons (Fsp3) is 0.333. The molecule has 2 aromatic carbocycles. The molecule has 2 N–H and O–H groups in total. The minimum Gasteiger partial charge on any atom is -0.391 e. The number of thiophene rings is 1. The number of aryl methyl sites for hydroxylation is 1. The molecule has 3 aromatic rings. The van der Waals surface area contributed by atoms with E-state index in [1.807, 2.05) is 12.1 Å². The number of halogens is 1. The normalized spacial score (nSPS) is 17.8. The van der Waals surface area contributed by atoms with Gasteiger partial charge in [0.05, 0.1) is 6.61 Å². The Morgan fingerprint density at radius 2 is 2.04 bits per heavy atom. The second kappa shape index (κ2) is 7.74. The van der Waals surface area contributed by atoms with Crippen molar-refractivity contribution < 1.29 is 9.50 Å². The number of piperazine rings is 1. The third-order valence-electron chi connectivity index (χ3n) is 5.08. The number of hydrogen-bond acceptors (Lipinski definition) is 4. The predicted molar refractivity (Wildman–Crippen MR) is 106 cm³/mol. The number of hydrogen-bond donors (Lipinski definition) is 2. The molecule has 2 heterocycles. The van der Waals surface area contributed by atoms with Gasteiger partial charge in [-0.25, -0.2) is 4.39 Å². The SMILES string of the molecule is OCc1cc2c(N3CCNCC3CCc3ccc(F)cc3)cccc2s1. The highest BCUT2D eigenvalue weighted by atomic mass is 32.1. The van der Waals surface area contributed by atoms with Gasteiger partial charge in [0.15, 0.2) is 0 Å². The van der Waals surface area contributed by atoms with Gasteiger partial charge in [-0.3, -0.25) is 0 Å². The molecule has 1 atom stereocenters. The number of fused-ring (bicyclic) bond motifs is 1. The summed E-state index contributed by atoms with van der Waals surface area (Å²) in [5, 5.41) is 14.2. The van der Waals surface area contributed by atoms with Gasteiger partial charge in [0.2, 0.25) is 0 Å². The van der Waals surface area contributed by atoms with Crippen molar-refractivity contribution in [2.75, 3.05) is 24.5 Å². The Labute approximate surface area is 157 Å². The summed E-state index contributed by atoms with van der Waals surface area (Å²) < 4.78 is 14.3.